The summed E-state index contributed by atoms with van der Waals surface area (Å²) in [4.78, 5) is 5.48. The number of hydrogen-bond acceptors (Lipinski definition) is 3. The molecule has 0 bridgehead atoms. The van der Waals surface area contributed by atoms with E-state index in [0.29, 0.717) is 5.54 Å². The molecule has 3 heterocycles. The van der Waals surface area contributed by atoms with Crippen molar-refractivity contribution in [2.24, 2.45) is 17.6 Å². The van der Waals surface area contributed by atoms with E-state index in [2.05, 4.69) is 23.6 Å². The monoisotopic (exact) mass is 251 g/mol. The van der Waals surface area contributed by atoms with Gasteiger partial charge >= 0.3 is 0 Å². The summed E-state index contributed by atoms with van der Waals surface area (Å²) in [5.74, 6) is 1.72. The summed E-state index contributed by atoms with van der Waals surface area (Å²) in [6.07, 6.45) is 5.44. The van der Waals surface area contributed by atoms with E-state index in [1.807, 2.05) is 0 Å². The molecule has 3 fully saturated rings. The summed E-state index contributed by atoms with van der Waals surface area (Å²) >= 11 is 0. The highest BCUT2D eigenvalue weighted by atomic mass is 15.3. The van der Waals surface area contributed by atoms with Crippen LogP contribution in [0.25, 0.3) is 0 Å². The van der Waals surface area contributed by atoms with Gasteiger partial charge < -0.3 is 5.73 Å². The SMILES string of the molecule is CC(C)C1CCN(C2(CN)CCN3CCCC32)C1. The smallest absolute Gasteiger partial charge is 0.0498 e. The van der Waals surface area contributed by atoms with Crippen molar-refractivity contribution in [2.75, 3.05) is 32.7 Å². The van der Waals surface area contributed by atoms with Crippen molar-refractivity contribution < 1.29 is 0 Å². The third-order valence-corrected chi connectivity index (χ3v) is 5.97. The summed E-state index contributed by atoms with van der Waals surface area (Å²) in [5, 5.41) is 0. The van der Waals surface area contributed by atoms with Crippen molar-refractivity contribution in [1.82, 2.24) is 9.80 Å². The van der Waals surface area contributed by atoms with Crippen LogP contribution in [0.3, 0.4) is 0 Å². The van der Waals surface area contributed by atoms with Gasteiger partial charge in [0.1, 0.15) is 0 Å². The van der Waals surface area contributed by atoms with Gasteiger partial charge in [0.05, 0.1) is 0 Å². The molecular formula is C15H29N3. The Hall–Kier alpha value is -0.120. The molecule has 3 unspecified atom stereocenters. The molecule has 0 radical (unpaired) electrons. The minimum absolute atomic E-state index is 0.320. The second-order valence-corrected chi connectivity index (χ2v) is 6.99. The lowest BCUT2D eigenvalue weighted by Gasteiger charge is -2.43. The molecular weight excluding hydrogens is 222 g/mol. The number of nitrogens with two attached hydrogens (primary N) is 1. The third kappa shape index (κ3) is 1.83. The van der Waals surface area contributed by atoms with Crippen LogP contribution in [0, 0.1) is 11.8 Å². The standard InChI is InChI=1S/C15H29N3/c1-12(2)13-5-8-18(10-13)15(11-16)6-9-17-7-3-4-14(15)17/h12-14H,3-11,16H2,1-2H3. The van der Waals surface area contributed by atoms with E-state index in [0.717, 1.165) is 24.4 Å². The van der Waals surface area contributed by atoms with E-state index in [-0.39, 0.29) is 0 Å². The van der Waals surface area contributed by atoms with Gasteiger partial charge in [-0.3, -0.25) is 9.80 Å². The van der Waals surface area contributed by atoms with Gasteiger partial charge in [-0.05, 0) is 50.6 Å². The first kappa shape index (κ1) is 12.9. The predicted octanol–water partition coefficient (Wildman–Crippen LogP) is 1.53. The third-order valence-electron chi connectivity index (χ3n) is 5.97. The van der Waals surface area contributed by atoms with E-state index in [1.54, 1.807) is 0 Å². The molecule has 0 aliphatic carbocycles. The van der Waals surface area contributed by atoms with Crippen LogP contribution < -0.4 is 5.73 Å². The largest absolute Gasteiger partial charge is 0.329 e. The maximum Gasteiger partial charge on any atom is 0.0498 e. The predicted molar refractivity (Wildman–Crippen MR) is 75.5 cm³/mol. The van der Waals surface area contributed by atoms with Crippen LogP contribution in [0.1, 0.15) is 39.5 Å². The van der Waals surface area contributed by atoms with Crippen LogP contribution in [-0.2, 0) is 0 Å². The minimum Gasteiger partial charge on any atom is -0.329 e. The van der Waals surface area contributed by atoms with Crippen LogP contribution in [0.4, 0.5) is 0 Å². The van der Waals surface area contributed by atoms with Crippen molar-refractivity contribution in [3.8, 4) is 0 Å². The number of fused-ring (bicyclic) bond motifs is 1. The Labute approximate surface area is 112 Å². The van der Waals surface area contributed by atoms with Gasteiger partial charge in [-0.15, -0.1) is 0 Å². The fraction of sp³-hybridized carbons (Fsp3) is 1.00. The van der Waals surface area contributed by atoms with Crippen molar-refractivity contribution in [1.29, 1.82) is 0 Å². The maximum absolute atomic E-state index is 6.26. The van der Waals surface area contributed by atoms with Crippen LogP contribution >= 0.6 is 0 Å². The van der Waals surface area contributed by atoms with Crippen LogP contribution in [-0.4, -0.2) is 54.1 Å². The van der Waals surface area contributed by atoms with Crippen molar-refractivity contribution in [3.63, 3.8) is 0 Å². The molecule has 3 nitrogen and oxygen atoms in total. The molecule has 0 saturated carbocycles. The van der Waals surface area contributed by atoms with Crippen molar-refractivity contribution in [2.45, 2.75) is 51.1 Å². The highest BCUT2D eigenvalue weighted by Crippen LogP contribution is 2.42. The molecule has 3 heteroatoms. The zero-order valence-corrected chi connectivity index (χ0v) is 12.1. The van der Waals surface area contributed by atoms with Gasteiger partial charge in [0.2, 0.25) is 0 Å². The van der Waals surface area contributed by atoms with Gasteiger partial charge in [-0.1, -0.05) is 13.8 Å². The Balaban J connectivity index is 1.76. The molecule has 0 spiro atoms. The fourth-order valence-electron chi connectivity index (χ4n) is 4.68. The number of nitrogens with zero attached hydrogens (tertiary/aromatic N) is 2. The zero-order valence-electron chi connectivity index (χ0n) is 12.1. The van der Waals surface area contributed by atoms with Gasteiger partial charge in [0.15, 0.2) is 0 Å². The molecule has 104 valence electrons. The fourth-order valence-corrected chi connectivity index (χ4v) is 4.68. The number of likely N-dealkylation sites (tertiary alicyclic amines) is 1. The van der Waals surface area contributed by atoms with Crippen LogP contribution in [0.2, 0.25) is 0 Å². The zero-order chi connectivity index (χ0) is 12.8. The van der Waals surface area contributed by atoms with Gasteiger partial charge in [0.25, 0.3) is 0 Å². The lowest BCUT2D eigenvalue weighted by atomic mass is 9.86. The average Bonchev–Trinajstić information content (AvgIpc) is 3.05. The Morgan fingerprint density at radius 1 is 1.22 bits per heavy atom. The minimum atomic E-state index is 0.320. The van der Waals surface area contributed by atoms with Crippen LogP contribution in [0.5, 0.6) is 0 Å². The van der Waals surface area contributed by atoms with Crippen molar-refractivity contribution in [3.05, 3.63) is 0 Å². The molecule has 3 aliphatic rings. The summed E-state index contributed by atoms with van der Waals surface area (Å²) in [6.45, 7) is 10.8. The second-order valence-electron chi connectivity index (χ2n) is 6.99. The average molecular weight is 251 g/mol. The number of hydrogen-bond donors (Lipinski definition) is 1. The Morgan fingerprint density at radius 2 is 2.06 bits per heavy atom. The molecule has 2 N–H and O–H groups in total. The summed E-state index contributed by atoms with van der Waals surface area (Å²) in [7, 11) is 0. The molecule has 0 amide bonds. The maximum atomic E-state index is 6.26. The lowest BCUT2D eigenvalue weighted by molar-refractivity contribution is 0.0829. The topological polar surface area (TPSA) is 32.5 Å². The normalized spacial score (nSPS) is 42.0. The van der Waals surface area contributed by atoms with E-state index < -0.39 is 0 Å². The highest BCUT2D eigenvalue weighted by Gasteiger charge is 2.52. The first-order valence-electron chi connectivity index (χ1n) is 7.86. The summed E-state index contributed by atoms with van der Waals surface area (Å²) in [5.41, 5.74) is 6.58. The molecule has 0 aromatic carbocycles. The van der Waals surface area contributed by atoms with Gasteiger partial charge in [-0.25, -0.2) is 0 Å². The van der Waals surface area contributed by atoms with Gasteiger partial charge in [-0.2, -0.15) is 0 Å². The molecule has 3 aliphatic heterocycles. The Morgan fingerprint density at radius 3 is 2.72 bits per heavy atom. The molecule has 0 aromatic heterocycles. The Kier molecular flexibility index (Phi) is 3.41. The Bertz CT molecular complexity index is 304. The molecule has 3 atom stereocenters. The number of rotatable bonds is 3. The quantitative estimate of drug-likeness (QED) is 0.825. The lowest BCUT2D eigenvalue weighted by Crippen LogP contribution is -2.59. The molecule has 18 heavy (non-hydrogen) atoms. The van der Waals surface area contributed by atoms with Gasteiger partial charge in [0, 0.05) is 31.2 Å². The molecule has 3 saturated heterocycles. The first-order valence-corrected chi connectivity index (χ1v) is 7.86. The highest BCUT2D eigenvalue weighted by molar-refractivity contribution is 5.11. The van der Waals surface area contributed by atoms with Crippen LogP contribution in [0.15, 0.2) is 0 Å². The van der Waals surface area contributed by atoms with E-state index in [4.69, 9.17) is 5.73 Å². The van der Waals surface area contributed by atoms with Crippen molar-refractivity contribution >= 4 is 0 Å². The first-order chi connectivity index (χ1) is 8.67. The van der Waals surface area contributed by atoms with E-state index in [9.17, 15) is 0 Å². The van der Waals surface area contributed by atoms with E-state index >= 15 is 0 Å². The summed E-state index contributed by atoms with van der Waals surface area (Å²) in [6, 6.07) is 0.758. The summed E-state index contributed by atoms with van der Waals surface area (Å²) < 4.78 is 0. The molecule has 3 rings (SSSR count). The second kappa shape index (κ2) is 4.77. The molecule has 0 aromatic rings. The van der Waals surface area contributed by atoms with E-state index in [1.165, 1.54) is 51.9 Å².